The normalized spacial score (nSPS) is 12.0. The summed E-state index contributed by atoms with van der Waals surface area (Å²) in [4.78, 5) is 27.0. The minimum Gasteiger partial charge on any atom is -0.480 e. The third-order valence-electron chi connectivity index (χ3n) is 3.73. The Labute approximate surface area is 133 Å². The molecule has 1 amide bonds. The molecule has 0 bridgehead atoms. The molecule has 0 saturated carbocycles. The van der Waals surface area contributed by atoms with Crippen LogP contribution in [0.2, 0.25) is 0 Å². The van der Waals surface area contributed by atoms with Crippen LogP contribution in [0.1, 0.15) is 15.9 Å². The highest BCUT2D eigenvalue weighted by Crippen LogP contribution is 2.17. The molecule has 3 aromatic rings. The minimum absolute atomic E-state index is 0.241. The summed E-state index contributed by atoms with van der Waals surface area (Å²) >= 11 is 0. The number of rotatable bonds is 5. The van der Waals surface area contributed by atoms with Crippen LogP contribution in [0.25, 0.3) is 10.9 Å². The predicted octanol–water partition coefficient (Wildman–Crippen LogP) is 2.59. The largest absolute Gasteiger partial charge is 0.480 e. The van der Waals surface area contributed by atoms with Gasteiger partial charge in [0.25, 0.3) is 5.91 Å². The molecule has 1 aromatic heterocycles. The van der Waals surface area contributed by atoms with Gasteiger partial charge in [-0.15, -0.1) is 0 Å². The van der Waals surface area contributed by atoms with E-state index in [1.807, 2.05) is 36.4 Å². The van der Waals surface area contributed by atoms with E-state index in [-0.39, 0.29) is 6.42 Å². The van der Waals surface area contributed by atoms with Crippen molar-refractivity contribution in [2.75, 3.05) is 0 Å². The Bertz CT molecular complexity index is 840. The Morgan fingerprint density at radius 3 is 2.57 bits per heavy atom. The first-order valence-electron chi connectivity index (χ1n) is 7.29. The number of aromatic amines is 1. The van der Waals surface area contributed by atoms with Crippen molar-refractivity contribution in [1.29, 1.82) is 0 Å². The van der Waals surface area contributed by atoms with E-state index in [1.165, 1.54) is 0 Å². The molecule has 1 heterocycles. The standard InChI is InChI=1S/C18H16N2O3/c21-17(14-7-4-8-15-13(14)9-10-19-15)20-16(18(22)23)11-12-5-2-1-3-6-12/h1-10,16,19H,11H2,(H,20,21)(H,22,23)/t16-/m0/s1. The molecule has 0 aliphatic rings. The summed E-state index contributed by atoms with van der Waals surface area (Å²) in [5, 5.41) is 12.8. The number of aliphatic carboxylic acids is 1. The molecule has 1 atom stereocenters. The number of carboxylic acids is 1. The number of hydrogen-bond donors (Lipinski definition) is 3. The molecule has 0 radical (unpaired) electrons. The number of carboxylic acid groups (broad SMARTS) is 1. The number of H-pyrrole nitrogens is 1. The van der Waals surface area contributed by atoms with Gasteiger partial charge in [0.05, 0.1) is 0 Å². The molecule has 5 heteroatoms. The van der Waals surface area contributed by atoms with Crippen molar-refractivity contribution in [2.24, 2.45) is 0 Å². The molecule has 0 fully saturated rings. The van der Waals surface area contributed by atoms with Crippen LogP contribution in [0.3, 0.4) is 0 Å². The van der Waals surface area contributed by atoms with Gasteiger partial charge in [-0.25, -0.2) is 4.79 Å². The quantitative estimate of drug-likeness (QED) is 0.677. The molecule has 2 aromatic carbocycles. The smallest absolute Gasteiger partial charge is 0.326 e. The van der Waals surface area contributed by atoms with Crippen LogP contribution in [0.5, 0.6) is 0 Å². The Balaban J connectivity index is 1.81. The highest BCUT2D eigenvalue weighted by Gasteiger charge is 2.22. The Morgan fingerprint density at radius 1 is 1.04 bits per heavy atom. The van der Waals surface area contributed by atoms with Crippen molar-refractivity contribution in [3.05, 3.63) is 71.9 Å². The van der Waals surface area contributed by atoms with Gasteiger partial charge in [-0.05, 0) is 23.8 Å². The van der Waals surface area contributed by atoms with Gasteiger partial charge in [-0.2, -0.15) is 0 Å². The van der Waals surface area contributed by atoms with E-state index in [0.717, 1.165) is 16.5 Å². The van der Waals surface area contributed by atoms with E-state index < -0.39 is 17.9 Å². The lowest BCUT2D eigenvalue weighted by Crippen LogP contribution is -2.42. The monoisotopic (exact) mass is 308 g/mol. The lowest BCUT2D eigenvalue weighted by molar-refractivity contribution is -0.139. The maximum Gasteiger partial charge on any atom is 0.326 e. The van der Waals surface area contributed by atoms with Gasteiger partial charge in [-0.3, -0.25) is 4.79 Å². The maximum atomic E-state index is 12.5. The van der Waals surface area contributed by atoms with E-state index in [1.54, 1.807) is 24.4 Å². The summed E-state index contributed by atoms with van der Waals surface area (Å²) in [7, 11) is 0. The van der Waals surface area contributed by atoms with Crippen LogP contribution in [-0.4, -0.2) is 28.0 Å². The van der Waals surface area contributed by atoms with Crippen molar-refractivity contribution < 1.29 is 14.7 Å². The fourth-order valence-corrected chi connectivity index (χ4v) is 2.57. The molecule has 0 unspecified atom stereocenters. The molecular formula is C18H16N2O3. The predicted molar refractivity (Wildman–Crippen MR) is 87.3 cm³/mol. The number of amides is 1. The van der Waals surface area contributed by atoms with Gasteiger partial charge < -0.3 is 15.4 Å². The van der Waals surface area contributed by atoms with Crippen molar-refractivity contribution in [3.63, 3.8) is 0 Å². The molecule has 23 heavy (non-hydrogen) atoms. The molecule has 0 spiro atoms. The molecule has 116 valence electrons. The van der Waals surface area contributed by atoms with Gasteiger partial charge in [0.1, 0.15) is 6.04 Å². The third kappa shape index (κ3) is 3.23. The Morgan fingerprint density at radius 2 is 1.83 bits per heavy atom. The minimum atomic E-state index is -1.05. The topological polar surface area (TPSA) is 82.2 Å². The van der Waals surface area contributed by atoms with Gasteiger partial charge in [-0.1, -0.05) is 36.4 Å². The molecule has 0 aliphatic carbocycles. The number of benzene rings is 2. The number of hydrogen-bond acceptors (Lipinski definition) is 2. The zero-order valence-corrected chi connectivity index (χ0v) is 12.3. The highest BCUT2D eigenvalue weighted by atomic mass is 16.4. The first-order chi connectivity index (χ1) is 11.1. The van der Waals surface area contributed by atoms with Crippen LogP contribution < -0.4 is 5.32 Å². The van der Waals surface area contributed by atoms with E-state index in [2.05, 4.69) is 10.3 Å². The summed E-state index contributed by atoms with van der Waals surface area (Å²) in [6.45, 7) is 0. The zero-order valence-electron chi connectivity index (χ0n) is 12.3. The lowest BCUT2D eigenvalue weighted by atomic mass is 10.0. The van der Waals surface area contributed by atoms with Crippen LogP contribution in [0.4, 0.5) is 0 Å². The Kier molecular flexibility index (Phi) is 4.10. The molecule has 0 saturated heterocycles. The number of nitrogens with one attached hydrogen (secondary N) is 2. The number of carbonyl (C=O) groups excluding carboxylic acids is 1. The average Bonchev–Trinajstić information content (AvgIpc) is 3.03. The highest BCUT2D eigenvalue weighted by molar-refractivity contribution is 6.07. The first kappa shape index (κ1) is 14.8. The second-order valence-electron chi connectivity index (χ2n) is 5.30. The molecule has 3 rings (SSSR count). The molecule has 3 N–H and O–H groups in total. The third-order valence-corrected chi connectivity index (χ3v) is 3.73. The fourth-order valence-electron chi connectivity index (χ4n) is 2.57. The van der Waals surface area contributed by atoms with Crippen molar-refractivity contribution in [2.45, 2.75) is 12.5 Å². The zero-order chi connectivity index (χ0) is 16.2. The van der Waals surface area contributed by atoms with Crippen LogP contribution >= 0.6 is 0 Å². The van der Waals surface area contributed by atoms with E-state index >= 15 is 0 Å². The van der Waals surface area contributed by atoms with Gasteiger partial charge in [0, 0.05) is 29.1 Å². The van der Waals surface area contributed by atoms with Gasteiger partial charge >= 0.3 is 5.97 Å². The van der Waals surface area contributed by atoms with Crippen LogP contribution in [0, 0.1) is 0 Å². The van der Waals surface area contributed by atoms with Crippen molar-refractivity contribution in [3.8, 4) is 0 Å². The van der Waals surface area contributed by atoms with E-state index in [4.69, 9.17) is 0 Å². The SMILES string of the molecule is O=C(N[C@@H](Cc1ccccc1)C(=O)O)c1cccc2[nH]ccc12. The van der Waals surface area contributed by atoms with Crippen molar-refractivity contribution in [1.82, 2.24) is 10.3 Å². The van der Waals surface area contributed by atoms with E-state index in [0.29, 0.717) is 5.56 Å². The fraction of sp³-hybridized carbons (Fsp3) is 0.111. The van der Waals surface area contributed by atoms with Gasteiger partial charge in [0.2, 0.25) is 0 Å². The summed E-state index contributed by atoms with van der Waals surface area (Å²) in [5.41, 5.74) is 2.16. The first-order valence-corrected chi connectivity index (χ1v) is 7.29. The Hall–Kier alpha value is -3.08. The summed E-state index contributed by atoms with van der Waals surface area (Å²) in [6.07, 6.45) is 1.99. The average molecular weight is 308 g/mol. The molecular weight excluding hydrogens is 292 g/mol. The number of aromatic nitrogens is 1. The van der Waals surface area contributed by atoms with E-state index in [9.17, 15) is 14.7 Å². The molecule has 0 aliphatic heterocycles. The number of fused-ring (bicyclic) bond motifs is 1. The second kappa shape index (κ2) is 6.36. The summed E-state index contributed by atoms with van der Waals surface area (Å²) in [5.74, 6) is -1.44. The maximum absolute atomic E-state index is 12.5. The number of carbonyl (C=O) groups is 2. The summed E-state index contributed by atoms with van der Waals surface area (Å²) < 4.78 is 0. The summed E-state index contributed by atoms with van der Waals surface area (Å²) in [6, 6.07) is 15.4. The van der Waals surface area contributed by atoms with Crippen molar-refractivity contribution >= 4 is 22.8 Å². The lowest BCUT2D eigenvalue weighted by Gasteiger charge is -2.15. The second-order valence-corrected chi connectivity index (χ2v) is 5.30. The van der Waals surface area contributed by atoms with Gasteiger partial charge in [0.15, 0.2) is 0 Å². The molecule has 5 nitrogen and oxygen atoms in total. The van der Waals surface area contributed by atoms with Crippen LogP contribution in [0.15, 0.2) is 60.8 Å². The van der Waals surface area contributed by atoms with Crippen LogP contribution in [-0.2, 0) is 11.2 Å².